The molecular formula is C37H38F6N3NaO6. The fraction of sp³-hybridized carbons (Fsp3) is 0.378. The summed E-state index contributed by atoms with van der Waals surface area (Å²) in [6, 6.07) is 12.4. The molecule has 0 bridgehead atoms. The summed E-state index contributed by atoms with van der Waals surface area (Å²) in [5, 5.41) is 10.7. The second-order valence-corrected chi connectivity index (χ2v) is 12.1. The first-order chi connectivity index (χ1) is 24.6. The third-order valence-electron chi connectivity index (χ3n) is 7.89. The molecule has 0 spiro atoms. The number of carbonyl (C=O) groups excluding carboxylic acids is 1. The summed E-state index contributed by atoms with van der Waals surface area (Å²) < 4.78 is 105. The summed E-state index contributed by atoms with van der Waals surface area (Å²) in [5.74, 6) is 0.0245. The molecule has 0 N–H and O–H groups in total. The largest absolute Gasteiger partial charge is 1.00 e. The van der Waals surface area contributed by atoms with Crippen LogP contribution >= 0.6 is 0 Å². The Balaban J connectivity index is 0.00000756. The van der Waals surface area contributed by atoms with Gasteiger partial charge in [-0.1, -0.05) is 26.0 Å². The zero-order valence-electron chi connectivity index (χ0n) is 29.9. The number of nitrogens with zero attached hydrogens (tertiary/aromatic N) is 3. The molecule has 53 heavy (non-hydrogen) atoms. The molecule has 4 rings (SSSR count). The van der Waals surface area contributed by atoms with Crippen LogP contribution in [0.4, 0.5) is 32.3 Å². The third-order valence-corrected chi connectivity index (χ3v) is 7.89. The minimum absolute atomic E-state index is 0. The zero-order chi connectivity index (χ0) is 38.1. The molecule has 0 fully saturated rings. The monoisotopic (exact) mass is 757 g/mol. The van der Waals surface area contributed by atoms with Crippen molar-refractivity contribution in [2.75, 3.05) is 38.9 Å². The molecule has 0 radical (unpaired) electrons. The van der Waals surface area contributed by atoms with E-state index in [9.17, 15) is 36.2 Å². The van der Waals surface area contributed by atoms with Gasteiger partial charge in [-0.2, -0.15) is 26.3 Å². The van der Waals surface area contributed by atoms with Crippen LogP contribution < -0.4 is 53.8 Å². The quantitative estimate of drug-likeness (QED) is 0.0878. The number of methoxy groups -OCH3 is 2. The third kappa shape index (κ3) is 12.5. The van der Waals surface area contributed by atoms with E-state index in [-0.39, 0.29) is 91.4 Å². The van der Waals surface area contributed by atoms with Gasteiger partial charge in [-0.3, -0.25) is 0 Å². The molecule has 0 atom stereocenters. The van der Waals surface area contributed by atoms with Crippen molar-refractivity contribution in [3.63, 3.8) is 0 Å². The van der Waals surface area contributed by atoms with Gasteiger partial charge in [-0.25, -0.2) is 9.97 Å². The van der Waals surface area contributed by atoms with Crippen LogP contribution in [-0.2, 0) is 35.0 Å². The number of benzene rings is 3. The predicted octanol–water partition coefficient (Wildman–Crippen LogP) is 4.46. The van der Waals surface area contributed by atoms with Gasteiger partial charge in [0, 0.05) is 31.7 Å². The van der Waals surface area contributed by atoms with Gasteiger partial charge < -0.3 is 33.7 Å². The maximum absolute atomic E-state index is 13.8. The molecule has 0 aliphatic heterocycles. The summed E-state index contributed by atoms with van der Waals surface area (Å²) in [7, 11) is 3.04. The van der Waals surface area contributed by atoms with Crippen molar-refractivity contribution >= 4 is 11.9 Å². The van der Waals surface area contributed by atoms with E-state index in [2.05, 4.69) is 9.97 Å². The second kappa shape index (κ2) is 19.3. The van der Waals surface area contributed by atoms with Crippen LogP contribution in [0.15, 0.2) is 67.0 Å². The Morgan fingerprint density at radius 1 is 0.792 bits per heavy atom. The van der Waals surface area contributed by atoms with Crippen LogP contribution in [0.25, 0.3) is 11.1 Å². The molecule has 280 valence electrons. The van der Waals surface area contributed by atoms with Crippen LogP contribution in [0, 0.1) is 0 Å². The summed E-state index contributed by atoms with van der Waals surface area (Å²) in [4.78, 5) is 20.8. The Morgan fingerprint density at radius 2 is 1.43 bits per heavy atom. The van der Waals surface area contributed by atoms with Crippen LogP contribution in [-0.4, -0.2) is 50.0 Å². The number of anilines is 1. The fourth-order valence-corrected chi connectivity index (χ4v) is 5.28. The molecule has 3 aromatic carbocycles. The molecule has 0 saturated carbocycles. The molecule has 16 heteroatoms. The number of hydrogen-bond acceptors (Lipinski definition) is 9. The van der Waals surface area contributed by atoms with E-state index in [1.54, 1.807) is 18.2 Å². The van der Waals surface area contributed by atoms with Gasteiger partial charge in [0.05, 0.1) is 43.8 Å². The number of alkyl halides is 6. The number of aromatic nitrogens is 2. The topological polar surface area (TPSA) is 106 Å². The maximum Gasteiger partial charge on any atom is 1.00 e. The minimum atomic E-state index is -5.05. The molecule has 0 saturated heterocycles. The molecule has 9 nitrogen and oxygen atoms in total. The molecule has 0 aliphatic rings. The Bertz CT molecular complexity index is 1770. The van der Waals surface area contributed by atoms with Gasteiger partial charge in [-0.05, 0) is 83.5 Å². The van der Waals surface area contributed by atoms with Crippen molar-refractivity contribution < 1.29 is 84.7 Å². The number of aliphatic carboxylic acids is 1. The average molecular weight is 758 g/mol. The molecular weight excluding hydrogens is 719 g/mol. The average Bonchev–Trinajstić information content (AvgIpc) is 3.09. The Kier molecular flexibility index (Phi) is 15.8. The van der Waals surface area contributed by atoms with E-state index in [1.807, 2.05) is 32.0 Å². The molecule has 1 heterocycles. The first-order valence-electron chi connectivity index (χ1n) is 16.2. The number of ether oxygens (including phenoxy) is 4. The minimum Gasteiger partial charge on any atom is -0.550 e. The van der Waals surface area contributed by atoms with Gasteiger partial charge in [0.1, 0.15) is 18.1 Å². The van der Waals surface area contributed by atoms with Gasteiger partial charge in [0.2, 0.25) is 5.95 Å². The number of carboxylic acids is 1. The van der Waals surface area contributed by atoms with Crippen molar-refractivity contribution in [1.29, 1.82) is 0 Å². The van der Waals surface area contributed by atoms with E-state index in [1.165, 1.54) is 31.5 Å². The SMILES string of the molecule is COCCOc1ccc(-c2cc(C(C)C)ccc2OC)c(CN(Cc2cc(C(F)(F)F)cc(C(F)(F)F)c2)c2ncc(OCCCC(=O)[O-])cn2)c1.[Na+]. The Morgan fingerprint density at radius 3 is 2.00 bits per heavy atom. The van der Waals surface area contributed by atoms with Crippen molar-refractivity contribution in [3.8, 4) is 28.4 Å². The second-order valence-electron chi connectivity index (χ2n) is 12.1. The summed E-state index contributed by atoms with van der Waals surface area (Å²) in [6.45, 7) is 4.01. The normalized spacial score (nSPS) is 11.6. The Labute approximate surface area is 325 Å². The van der Waals surface area contributed by atoms with E-state index < -0.39 is 36.0 Å². The van der Waals surface area contributed by atoms with Crippen molar-refractivity contribution in [3.05, 3.63) is 94.8 Å². The number of rotatable bonds is 17. The van der Waals surface area contributed by atoms with Gasteiger partial charge in [-0.15, -0.1) is 0 Å². The van der Waals surface area contributed by atoms with Crippen LogP contribution in [0.2, 0.25) is 0 Å². The number of carboxylic acid groups (broad SMARTS) is 1. The van der Waals surface area contributed by atoms with Crippen molar-refractivity contribution in [2.24, 2.45) is 0 Å². The van der Waals surface area contributed by atoms with E-state index in [0.717, 1.165) is 5.56 Å². The summed E-state index contributed by atoms with van der Waals surface area (Å²) in [6.07, 6.45) is -7.62. The van der Waals surface area contributed by atoms with E-state index >= 15 is 0 Å². The number of carbonyl (C=O) groups is 1. The molecule has 1 aromatic heterocycles. The van der Waals surface area contributed by atoms with Crippen molar-refractivity contribution in [1.82, 2.24) is 9.97 Å². The molecule has 0 unspecified atom stereocenters. The molecule has 0 amide bonds. The standard InChI is InChI=1S/C37H39F6N3O6.Na/c1-23(2)25-7-10-33(50-4)32(17-25)31-9-8-29(52-13-12-49-3)16-26(31)22-46(35-44-19-30(20-45-35)51-11-5-6-34(47)48)21-24-14-27(36(38,39)40)18-28(15-24)37(41,42)43;/h7-10,14-20,23H,5-6,11-13,21-22H2,1-4H3,(H,47,48);/q;+1/p-1. The van der Waals surface area contributed by atoms with Gasteiger partial charge in [0.15, 0.2) is 5.75 Å². The van der Waals surface area contributed by atoms with E-state index in [4.69, 9.17) is 18.9 Å². The summed E-state index contributed by atoms with van der Waals surface area (Å²) >= 11 is 0. The van der Waals surface area contributed by atoms with Crippen LogP contribution in [0.3, 0.4) is 0 Å². The Hall–Kier alpha value is -4.05. The molecule has 0 aliphatic carbocycles. The maximum atomic E-state index is 13.8. The van der Waals surface area contributed by atoms with Gasteiger partial charge in [0.25, 0.3) is 0 Å². The zero-order valence-corrected chi connectivity index (χ0v) is 31.9. The fourth-order valence-electron chi connectivity index (χ4n) is 5.28. The first-order valence-corrected chi connectivity index (χ1v) is 16.2. The van der Waals surface area contributed by atoms with Crippen LogP contribution in [0.1, 0.15) is 60.4 Å². The van der Waals surface area contributed by atoms with Crippen molar-refractivity contribution in [2.45, 2.75) is 58.0 Å². The van der Waals surface area contributed by atoms with E-state index in [0.29, 0.717) is 46.9 Å². The smallest absolute Gasteiger partial charge is 0.550 e. The number of halogens is 6. The van der Waals surface area contributed by atoms with Crippen LogP contribution in [0.5, 0.6) is 17.2 Å². The first kappa shape index (κ1) is 43.4. The predicted molar refractivity (Wildman–Crippen MR) is 178 cm³/mol. The number of hydrogen-bond donors (Lipinski definition) is 0. The summed E-state index contributed by atoms with van der Waals surface area (Å²) in [5.41, 5.74) is -0.264. The molecule has 4 aromatic rings. The van der Waals surface area contributed by atoms with Gasteiger partial charge >= 0.3 is 41.9 Å².